The number of hydrogen-bond acceptors (Lipinski definition) is 4. The molecule has 0 aliphatic carbocycles. The minimum absolute atomic E-state index is 0.175. The zero-order valence-electron chi connectivity index (χ0n) is 14.2. The SMILES string of the molecule is O=S(=O)(C1CCN(Cc2cccc3c2NCC3)CC1)N1CCCC1. The van der Waals surface area contributed by atoms with Gasteiger partial charge in [-0.05, 0) is 56.3 Å². The lowest BCUT2D eigenvalue weighted by molar-refractivity contribution is 0.220. The first kappa shape index (κ1) is 16.4. The fourth-order valence-electron chi connectivity index (χ4n) is 4.30. The summed E-state index contributed by atoms with van der Waals surface area (Å²) in [5.74, 6) is 0. The van der Waals surface area contributed by atoms with Crippen molar-refractivity contribution in [3.05, 3.63) is 29.3 Å². The number of benzene rings is 1. The summed E-state index contributed by atoms with van der Waals surface area (Å²) >= 11 is 0. The number of anilines is 1. The minimum Gasteiger partial charge on any atom is -0.384 e. The number of para-hydroxylation sites is 1. The highest BCUT2D eigenvalue weighted by molar-refractivity contribution is 7.89. The van der Waals surface area contributed by atoms with E-state index in [1.54, 1.807) is 4.31 Å². The summed E-state index contributed by atoms with van der Waals surface area (Å²) in [4.78, 5) is 2.41. The van der Waals surface area contributed by atoms with Crippen LogP contribution in [0.1, 0.15) is 36.8 Å². The average Bonchev–Trinajstić information content (AvgIpc) is 3.28. The molecule has 0 aromatic heterocycles. The third-order valence-electron chi connectivity index (χ3n) is 5.71. The molecule has 3 aliphatic rings. The maximum atomic E-state index is 12.7. The first-order chi connectivity index (χ1) is 11.6. The zero-order chi connectivity index (χ0) is 16.6. The lowest BCUT2D eigenvalue weighted by Crippen LogP contribution is -2.44. The molecule has 4 rings (SSSR count). The molecule has 6 heteroatoms. The molecule has 1 N–H and O–H groups in total. The molecule has 0 radical (unpaired) electrons. The highest BCUT2D eigenvalue weighted by atomic mass is 32.2. The van der Waals surface area contributed by atoms with Crippen LogP contribution in [0, 0.1) is 0 Å². The van der Waals surface area contributed by atoms with Crippen molar-refractivity contribution in [2.24, 2.45) is 0 Å². The topological polar surface area (TPSA) is 52.7 Å². The van der Waals surface area contributed by atoms with E-state index in [4.69, 9.17) is 0 Å². The van der Waals surface area contributed by atoms with Crippen molar-refractivity contribution in [1.82, 2.24) is 9.21 Å². The first-order valence-corrected chi connectivity index (χ1v) is 10.7. The van der Waals surface area contributed by atoms with Crippen LogP contribution in [0.5, 0.6) is 0 Å². The molecule has 24 heavy (non-hydrogen) atoms. The van der Waals surface area contributed by atoms with Gasteiger partial charge in [0.1, 0.15) is 0 Å². The maximum absolute atomic E-state index is 12.7. The molecule has 3 heterocycles. The highest BCUT2D eigenvalue weighted by Crippen LogP contribution is 2.29. The molecule has 5 nitrogen and oxygen atoms in total. The Balaban J connectivity index is 1.38. The molecule has 3 aliphatic heterocycles. The second kappa shape index (κ2) is 6.65. The van der Waals surface area contributed by atoms with Crippen LogP contribution in [0.4, 0.5) is 5.69 Å². The van der Waals surface area contributed by atoms with Crippen molar-refractivity contribution in [1.29, 1.82) is 0 Å². The van der Waals surface area contributed by atoms with Crippen molar-refractivity contribution in [3.8, 4) is 0 Å². The van der Waals surface area contributed by atoms with Gasteiger partial charge in [0.15, 0.2) is 0 Å². The Labute approximate surface area is 145 Å². The van der Waals surface area contributed by atoms with E-state index in [9.17, 15) is 8.42 Å². The Kier molecular flexibility index (Phi) is 4.54. The molecule has 0 amide bonds. The normalized spacial score (nSPS) is 23.3. The van der Waals surface area contributed by atoms with E-state index in [1.807, 2.05) is 0 Å². The number of piperidine rings is 1. The molecule has 0 unspecified atom stereocenters. The van der Waals surface area contributed by atoms with Crippen LogP contribution in [-0.2, 0) is 23.0 Å². The Morgan fingerprint density at radius 2 is 1.83 bits per heavy atom. The monoisotopic (exact) mass is 349 g/mol. The lowest BCUT2D eigenvalue weighted by atomic mass is 10.1. The van der Waals surface area contributed by atoms with Gasteiger partial charge in [0.05, 0.1) is 5.25 Å². The van der Waals surface area contributed by atoms with E-state index in [0.29, 0.717) is 0 Å². The molecule has 132 valence electrons. The van der Waals surface area contributed by atoms with Gasteiger partial charge in [-0.15, -0.1) is 0 Å². The molecule has 0 bridgehead atoms. The minimum atomic E-state index is -3.07. The van der Waals surface area contributed by atoms with E-state index >= 15 is 0 Å². The molecule has 0 atom stereocenters. The lowest BCUT2D eigenvalue weighted by Gasteiger charge is -2.33. The second-order valence-electron chi connectivity index (χ2n) is 7.25. The van der Waals surface area contributed by atoms with Gasteiger partial charge in [0.2, 0.25) is 10.0 Å². The van der Waals surface area contributed by atoms with Gasteiger partial charge < -0.3 is 5.32 Å². The number of likely N-dealkylation sites (tertiary alicyclic amines) is 1. The van der Waals surface area contributed by atoms with E-state index in [0.717, 1.165) is 71.4 Å². The van der Waals surface area contributed by atoms with E-state index in [1.165, 1.54) is 16.8 Å². The van der Waals surface area contributed by atoms with Crippen LogP contribution in [0.2, 0.25) is 0 Å². The largest absolute Gasteiger partial charge is 0.384 e. The Morgan fingerprint density at radius 1 is 1.08 bits per heavy atom. The van der Waals surface area contributed by atoms with Crippen molar-refractivity contribution >= 4 is 15.7 Å². The summed E-state index contributed by atoms with van der Waals surface area (Å²) in [6.07, 6.45) is 4.68. The van der Waals surface area contributed by atoms with Crippen LogP contribution in [0.25, 0.3) is 0 Å². The first-order valence-electron chi connectivity index (χ1n) is 9.20. The Hall–Kier alpha value is -1.11. The molecular weight excluding hydrogens is 322 g/mol. The number of hydrogen-bond donors (Lipinski definition) is 1. The number of sulfonamides is 1. The molecule has 1 aromatic carbocycles. The molecule has 2 saturated heterocycles. The Bertz CT molecular complexity index is 690. The number of fused-ring (bicyclic) bond motifs is 1. The van der Waals surface area contributed by atoms with Crippen molar-refractivity contribution in [2.45, 2.75) is 43.9 Å². The fourth-order valence-corrected chi connectivity index (χ4v) is 6.30. The van der Waals surface area contributed by atoms with Gasteiger partial charge in [0.25, 0.3) is 0 Å². The van der Waals surface area contributed by atoms with Crippen molar-refractivity contribution < 1.29 is 8.42 Å². The van der Waals surface area contributed by atoms with Crippen LogP contribution in [0.15, 0.2) is 18.2 Å². The van der Waals surface area contributed by atoms with Crippen LogP contribution < -0.4 is 5.32 Å². The standard InChI is InChI=1S/C18H27N3O2S/c22-24(23,21-10-1-2-11-21)17-7-12-20(13-8-17)14-16-5-3-4-15-6-9-19-18(15)16/h3-5,17,19H,1-2,6-14H2. The van der Waals surface area contributed by atoms with E-state index in [2.05, 4.69) is 28.4 Å². The second-order valence-corrected chi connectivity index (χ2v) is 9.47. The molecule has 1 aromatic rings. The Morgan fingerprint density at radius 3 is 2.58 bits per heavy atom. The summed E-state index contributed by atoms with van der Waals surface area (Å²) in [7, 11) is -3.07. The van der Waals surface area contributed by atoms with Crippen molar-refractivity contribution in [3.63, 3.8) is 0 Å². The molecular formula is C18H27N3O2S. The number of nitrogens with one attached hydrogen (secondary N) is 1. The summed E-state index contributed by atoms with van der Waals surface area (Å²) in [6, 6.07) is 6.55. The van der Waals surface area contributed by atoms with Gasteiger partial charge in [-0.2, -0.15) is 0 Å². The predicted octanol–water partition coefficient (Wildman–Crippen LogP) is 2.04. The smallest absolute Gasteiger partial charge is 0.217 e. The third kappa shape index (κ3) is 3.07. The summed E-state index contributed by atoms with van der Waals surface area (Å²) in [5.41, 5.74) is 4.08. The number of nitrogens with zero attached hydrogens (tertiary/aromatic N) is 2. The van der Waals surface area contributed by atoms with Gasteiger partial charge in [-0.25, -0.2) is 12.7 Å². The molecule has 0 saturated carbocycles. The van der Waals surface area contributed by atoms with E-state index < -0.39 is 10.0 Å². The highest BCUT2D eigenvalue weighted by Gasteiger charge is 2.35. The summed E-state index contributed by atoms with van der Waals surface area (Å²) < 4.78 is 27.1. The maximum Gasteiger partial charge on any atom is 0.217 e. The quantitative estimate of drug-likeness (QED) is 0.904. The van der Waals surface area contributed by atoms with Crippen molar-refractivity contribution in [2.75, 3.05) is 38.0 Å². The average molecular weight is 350 g/mol. The zero-order valence-corrected chi connectivity index (χ0v) is 15.0. The summed E-state index contributed by atoms with van der Waals surface area (Å²) in [6.45, 7) is 5.16. The molecule has 2 fully saturated rings. The van der Waals surface area contributed by atoms with Crippen LogP contribution in [0.3, 0.4) is 0 Å². The van der Waals surface area contributed by atoms with Crippen LogP contribution in [-0.4, -0.2) is 55.6 Å². The third-order valence-corrected chi connectivity index (χ3v) is 8.11. The van der Waals surface area contributed by atoms with Gasteiger partial charge in [0, 0.05) is 31.9 Å². The van der Waals surface area contributed by atoms with Gasteiger partial charge in [-0.1, -0.05) is 18.2 Å². The summed E-state index contributed by atoms with van der Waals surface area (Å²) in [5, 5.41) is 3.32. The van der Waals surface area contributed by atoms with E-state index in [-0.39, 0.29) is 5.25 Å². The molecule has 0 spiro atoms. The van der Waals surface area contributed by atoms with Gasteiger partial charge >= 0.3 is 0 Å². The fraction of sp³-hybridized carbons (Fsp3) is 0.667. The van der Waals surface area contributed by atoms with Crippen LogP contribution >= 0.6 is 0 Å². The number of rotatable bonds is 4. The van der Waals surface area contributed by atoms with Gasteiger partial charge in [-0.3, -0.25) is 4.90 Å². The predicted molar refractivity (Wildman–Crippen MR) is 96.7 cm³/mol.